The van der Waals surface area contributed by atoms with Crippen LogP contribution in [0.15, 0.2) is 0 Å². The standard InChI is InChI=1S/C13H26O/c1-4-11(2)10-13(3,14)12-8-6-5-7-9-12/h11-12,14H,4-10H2,1-3H3. The average Bonchev–Trinajstić information content (AvgIpc) is 2.18. The second-order valence-corrected chi connectivity index (χ2v) is 5.41. The molecule has 0 amide bonds. The SMILES string of the molecule is CCC(C)CC(C)(O)C1CCCCC1. The Bertz CT molecular complexity index is 157. The summed E-state index contributed by atoms with van der Waals surface area (Å²) in [6.07, 6.45) is 8.66. The van der Waals surface area contributed by atoms with Crippen LogP contribution in [0.2, 0.25) is 0 Å². The van der Waals surface area contributed by atoms with E-state index in [0.29, 0.717) is 11.8 Å². The Labute approximate surface area is 88.9 Å². The minimum Gasteiger partial charge on any atom is -0.390 e. The van der Waals surface area contributed by atoms with Gasteiger partial charge in [0.15, 0.2) is 0 Å². The van der Waals surface area contributed by atoms with E-state index in [1.807, 2.05) is 0 Å². The van der Waals surface area contributed by atoms with Crippen molar-refractivity contribution in [3.63, 3.8) is 0 Å². The minimum absolute atomic E-state index is 0.407. The molecular weight excluding hydrogens is 172 g/mol. The molecule has 84 valence electrons. The maximum Gasteiger partial charge on any atom is 0.0650 e. The van der Waals surface area contributed by atoms with Crippen LogP contribution in [0.25, 0.3) is 0 Å². The Hall–Kier alpha value is -0.0400. The van der Waals surface area contributed by atoms with Crippen molar-refractivity contribution in [3.05, 3.63) is 0 Å². The van der Waals surface area contributed by atoms with E-state index in [1.165, 1.54) is 38.5 Å². The van der Waals surface area contributed by atoms with Crippen LogP contribution in [0, 0.1) is 11.8 Å². The fourth-order valence-corrected chi connectivity index (χ4v) is 2.74. The number of hydrogen-bond acceptors (Lipinski definition) is 1. The predicted octanol–water partition coefficient (Wildman–Crippen LogP) is 3.75. The monoisotopic (exact) mass is 198 g/mol. The van der Waals surface area contributed by atoms with Crippen LogP contribution in [0.3, 0.4) is 0 Å². The second-order valence-electron chi connectivity index (χ2n) is 5.41. The molecule has 1 nitrogen and oxygen atoms in total. The Kier molecular flexibility index (Phi) is 4.43. The molecule has 1 heteroatoms. The van der Waals surface area contributed by atoms with E-state index in [2.05, 4.69) is 20.8 Å². The minimum atomic E-state index is -0.407. The van der Waals surface area contributed by atoms with Crippen molar-refractivity contribution in [2.24, 2.45) is 11.8 Å². The van der Waals surface area contributed by atoms with Gasteiger partial charge in [0.2, 0.25) is 0 Å². The van der Waals surface area contributed by atoms with Gasteiger partial charge < -0.3 is 5.11 Å². The molecule has 0 aliphatic heterocycles. The van der Waals surface area contributed by atoms with E-state index >= 15 is 0 Å². The van der Waals surface area contributed by atoms with Gasteiger partial charge in [0.1, 0.15) is 0 Å². The van der Waals surface area contributed by atoms with Gasteiger partial charge in [0.05, 0.1) is 5.60 Å². The molecule has 0 aromatic rings. The molecule has 0 saturated heterocycles. The summed E-state index contributed by atoms with van der Waals surface area (Å²) in [6, 6.07) is 0. The Morgan fingerprint density at radius 2 is 1.86 bits per heavy atom. The van der Waals surface area contributed by atoms with Gasteiger partial charge in [-0.1, -0.05) is 39.5 Å². The predicted molar refractivity (Wildman–Crippen MR) is 61.3 cm³/mol. The second kappa shape index (κ2) is 5.16. The van der Waals surface area contributed by atoms with E-state index in [0.717, 1.165) is 6.42 Å². The number of rotatable bonds is 4. The molecule has 1 saturated carbocycles. The summed E-state index contributed by atoms with van der Waals surface area (Å²) in [6.45, 7) is 6.51. The van der Waals surface area contributed by atoms with Gasteiger partial charge in [-0.2, -0.15) is 0 Å². The van der Waals surface area contributed by atoms with Crippen LogP contribution in [0.4, 0.5) is 0 Å². The molecule has 1 fully saturated rings. The zero-order valence-corrected chi connectivity index (χ0v) is 10.1. The quantitative estimate of drug-likeness (QED) is 0.729. The molecule has 2 unspecified atom stereocenters. The lowest BCUT2D eigenvalue weighted by atomic mass is 9.74. The highest BCUT2D eigenvalue weighted by Gasteiger charge is 2.33. The van der Waals surface area contributed by atoms with Crippen molar-refractivity contribution < 1.29 is 5.11 Å². The highest BCUT2D eigenvalue weighted by atomic mass is 16.3. The Balaban J connectivity index is 2.45. The van der Waals surface area contributed by atoms with Gasteiger partial charge in [0, 0.05) is 0 Å². The molecule has 1 aliphatic rings. The molecule has 0 radical (unpaired) electrons. The first-order valence-electron chi connectivity index (χ1n) is 6.28. The fraction of sp³-hybridized carbons (Fsp3) is 1.00. The average molecular weight is 198 g/mol. The third-order valence-electron chi connectivity index (χ3n) is 3.94. The van der Waals surface area contributed by atoms with Crippen molar-refractivity contribution in [2.75, 3.05) is 0 Å². The maximum atomic E-state index is 10.4. The van der Waals surface area contributed by atoms with E-state index in [-0.39, 0.29) is 0 Å². The van der Waals surface area contributed by atoms with Crippen molar-refractivity contribution in [3.8, 4) is 0 Å². The van der Waals surface area contributed by atoms with Gasteiger partial charge in [-0.25, -0.2) is 0 Å². The van der Waals surface area contributed by atoms with Crippen LogP contribution >= 0.6 is 0 Å². The van der Waals surface area contributed by atoms with Gasteiger partial charge >= 0.3 is 0 Å². The number of aliphatic hydroxyl groups is 1. The zero-order chi connectivity index (χ0) is 10.6. The molecule has 2 atom stereocenters. The van der Waals surface area contributed by atoms with Gasteiger partial charge in [0.25, 0.3) is 0 Å². The van der Waals surface area contributed by atoms with E-state index in [4.69, 9.17) is 0 Å². The van der Waals surface area contributed by atoms with Crippen LogP contribution < -0.4 is 0 Å². The van der Waals surface area contributed by atoms with Crippen molar-refractivity contribution in [1.29, 1.82) is 0 Å². The Morgan fingerprint density at radius 3 is 2.36 bits per heavy atom. The first-order valence-corrected chi connectivity index (χ1v) is 6.28. The topological polar surface area (TPSA) is 20.2 Å². The van der Waals surface area contributed by atoms with Crippen LogP contribution in [-0.2, 0) is 0 Å². The molecule has 1 rings (SSSR count). The fourth-order valence-electron chi connectivity index (χ4n) is 2.74. The molecule has 1 aliphatic carbocycles. The smallest absolute Gasteiger partial charge is 0.0650 e. The lowest BCUT2D eigenvalue weighted by Crippen LogP contribution is -2.37. The molecule has 0 bridgehead atoms. The lowest BCUT2D eigenvalue weighted by Gasteiger charge is -2.37. The highest BCUT2D eigenvalue weighted by molar-refractivity contribution is 4.85. The molecule has 1 N–H and O–H groups in total. The van der Waals surface area contributed by atoms with Gasteiger partial charge in [-0.3, -0.25) is 0 Å². The summed E-state index contributed by atoms with van der Waals surface area (Å²) in [5, 5.41) is 10.4. The molecule has 0 aromatic heterocycles. The molecule has 14 heavy (non-hydrogen) atoms. The first kappa shape index (κ1) is 12.0. The summed E-state index contributed by atoms with van der Waals surface area (Å²) in [5.41, 5.74) is -0.407. The summed E-state index contributed by atoms with van der Waals surface area (Å²) >= 11 is 0. The van der Waals surface area contributed by atoms with Crippen molar-refractivity contribution in [1.82, 2.24) is 0 Å². The largest absolute Gasteiger partial charge is 0.390 e. The van der Waals surface area contributed by atoms with Crippen molar-refractivity contribution >= 4 is 0 Å². The van der Waals surface area contributed by atoms with Gasteiger partial charge in [-0.15, -0.1) is 0 Å². The van der Waals surface area contributed by atoms with E-state index in [9.17, 15) is 5.11 Å². The number of hydrogen-bond donors (Lipinski definition) is 1. The summed E-state index contributed by atoms with van der Waals surface area (Å²) in [7, 11) is 0. The van der Waals surface area contributed by atoms with Gasteiger partial charge in [-0.05, 0) is 38.0 Å². The van der Waals surface area contributed by atoms with E-state index in [1.54, 1.807) is 0 Å². The first-order chi connectivity index (χ1) is 6.56. The summed E-state index contributed by atoms with van der Waals surface area (Å²) in [4.78, 5) is 0. The molecular formula is C13H26O. The lowest BCUT2D eigenvalue weighted by molar-refractivity contribution is -0.0346. The molecule has 0 aromatic carbocycles. The maximum absolute atomic E-state index is 10.4. The van der Waals surface area contributed by atoms with Crippen LogP contribution in [0.5, 0.6) is 0 Å². The van der Waals surface area contributed by atoms with Crippen molar-refractivity contribution in [2.45, 2.75) is 71.3 Å². The third kappa shape index (κ3) is 3.27. The highest BCUT2D eigenvalue weighted by Crippen LogP contribution is 2.36. The van der Waals surface area contributed by atoms with E-state index < -0.39 is 5.60 Å². The zero-order valence-electron chi connectivity index (χ0n) is 10.1. The third-order valence-corrected chi connectivity index (χ3v) is 3.94. The van der Waals surface area contributed by atoms with Crippen LogP contribution in [0.1, 0.15) is 65.7 Å². The normalized spacial score (nSPS) is 25.7. The molecule has 0 heterocycles. The summed E-state index contributed by atoms with van der Waals surface area (Å²) in [5.74, 6) is 1.22. The Morgan fingerprint density at radius 1 is 1.29 bits per heavy atom. The van der Waals surface area contributed by atoms with Crippen LogP contribution in [-0.4, -0.2) is 10.7 Å². The molecule has 0 spiro atoms. The summed E-state index contributed by atoms with van der Waals surface area (Å²) < 4.78 is 0.